The van der Waals surface area contributed by atoms with Crippen LogP contribution >= 0.6 is 0 Å². The van der Waals surface area contributed by atoms with E-state index in [-0.39, 0.29) is 0 Å². The molecule has 0 aromatic heterocycles. The largest absolute Gasteiger partial charge is 0.493 e. The topological polar surface area (TPSA) is 35.2 Å². The fraction of sp³-hybridized carbons (Fsp3) is 0.667. The lowest BCUT2D eigenvalue weighted by Crippen LogP contribution is -2.26. The van der Waals surface area contributed by atoms with Crippen molar-refractivity contribution in [3.63, 3.8) is 0 Å². The third-order valence-corrected chi connectivity index (χ3v) is 3.94. The number of rotatable bonds is 8. The SMILES string of the molecule is CCCOc1cc(C)c(CCCC(N)C(C)C)cc1C. The van der Waals surface area contributed by atoms with Gasteiger partial charge in [-0.15, -0.1) is 0 Å². The molecule has 0 saturated heterocycles. The van der Waals surface area contributed by atoms with Gasteiger partial charge >= 0.3 is 0 Å². The third-order valence-electron chi connectivity index (χ3n) is 3.94. The molecular weight excluding hydrogens is 246 g/mol. The summed E-state index contributed by atoms with van der Waals surface area (Å²) in [6.45, 7) is 11.6. The van der Waals surface area contributed by atoms with Gasteiger partial charge in [0.2, 0.25) is 0 Å². The van der Waals surface area contributed by atoms with Crippen LogP contribution in [0.4, 0.5) is 0 Å². The van der Waals surface area contributed by atoms with Gasteiger partial charge in [-0.3, -0.25) is 0 Å². The highest BCUT2D eigenvalue weighted by molar-refractivity contribution is 5.41. The molecule has 1 aromatic carbocycles. The van der Waals surface area contributed by atoms with E-state index < -0.39 is 0 Å². The van der Waals surface area contributed by atoms with Gasteiger partial charge < -0.3 is 10.5 Å². The third kappa shape index (κ3) is 5.16. The molecule has 2 heteroatoms. The molecule has 1 aromatic rings. The van der Waals surface area contributed by atoms with E-state index in [0.29, 0.717) is 12.0 Å². The minimum atomic E-state index is 0.323. The first-order valence-corrected chi connectivity index (χ1v) is 7.94. The second-order valence-electron chi connectivity index (χ2n) is 6.19. The van der Waals surface area contributed by atoms with E-state index in [2.05, 4.69) is 46.8 Å². The van der Waals surface area contributed by atoms with Crippen LogP contribution in [0, 0.1) is 19.8 Å². The Hall–Kier alpha value is -1.02. The predicted octanol–water partition coefficient (Wildman–Crippen LogP) is 4.40. The van der Waals surface area contributed by atoms with Gasteiger partial charge in [0.05, 0.1) is 6.61 Å². The van der Waals surface area contributed by atoms with Crippen molar-refractivity contribution in [3.8, 4) is 5.75 Å². The summed E-state index contributed by atoms with van der Waals surface area (Å²) in [5, 5.41) is 0. The number of aryl methyl sites for hydroxylation is 3. The Morgan fingerprint density at radius 2 is 1.85 bits per heavy atom. The van der Waals surface area contributed by atoms with Crippen molar-refractivity contribution in [2.75, 3.05) is 6.61 Å². The van der Waals surface area contributed by atoms with Gasteiger partial charge in [0.1, 0.15) is 5.75 Å². The highest BCUT2D eigenvalue weighted by Gasteiger charge is 2.09. The van der Waals surface area contributed by atoms with E-state index in [1.165, 1.54) is 16.7 Å². The van der Waals surface area contributed by atoms with Crippen molar-refractivity contribution < 1.29 is 4.74 Å². The second kappa shape index (κ2) is 8.31. The van der Waals surface area contributed by atoms with Crippen LogP contribution in [0.1, 0.15) is 56.7 Å². The lowest BCUT2D eigenvalue weighted by atomic mass is 9.95. The first-order valence-electron chi connectivity index (χ1n) is 7.94. The summed E-state index contributed by atoms with van der Waals surface area (Å²) in [7, 11) is 0. The van der Waals surface area contributed by atoms with E-state index in [1.54, 1.807) is 0 Å². The second-order valence-corrected chi connectivity index (χ2v) is 6.19. The molecular formula is C18H31NO. The average Bonchev–Trinajstić information content (AvgIpc) is 2.40. The first-order chi connectivity index (χ1) is 9.45. The Bertz CT molecular complexity index is 412. The fourth-order valence-corrected chi connectivity index (χ4v) is 2.35. The van der Waals surface area contributed by atoms with E-state index in [0.717, 1.165) is 38.0 Å². The van der Waals surface area contributed by atoms with Gasteiger partial charge in [0.25, 0.3) is 0 Å². The summed E-state index contributed by atoms with van der Waals surface area (Å²) in [5.41, 5.74) is 10.1. The Balaban J connectivity index is 2.61. The number of hydrogen-bond donors (Lipinski definition) is 1. The summed E-state index contributed by atoms with van der Waals surface area (Å²) in [4.78, 5) is 0. The molecule has 0 aliphatic rings. The maximum atomic E-state index is 6.11. The highest BCUT2D eigenvalue weighted by Crippen LogP contribution is 2.24. The van der Waals surface area contributed by atoms with Gasteiger partial charge in [-0.25, -0.2) is 0 Å². The van der Waals surface area contributed by atoms with Crippen molar-refractivity contribution in [2.24, 2.45) is 11.7 Å². The minimum absolute atomic E-state index is 0.323. The molecule has 0 saturated carbocycles. The quantitative estimate of drug-likeness (QED) is 0.764. The highest BCUT2D eigenvalue weighted by atomic mass is 16.5. The molecule has 0 aliphatic carbocycles. The van der Waals surface area contributed by atoms with Gasteiger partial charge in [0, 0.05) is 6.04 Å². The number of nitrogens with two attached hydrogens (primary N) is 1. The maximum absolute atomic E-state index is 6.11. The average molecular weight is 277 g/mol. The molecule has 20 heavy (non-hydrogen) atoms. The Labute approximate surface area is 124 Å². The van der Waals surface area contributed by atoms with Crippen LogP contribution in [0.15, 0.2) is 12.1 Å². The summed E-state index contributed by atoms with van der Waals surface area (Å²) >= 11 is 0. The molecule has 114 valence electrons. The molecule has 0 radical (unpaired) electrons. The van der Waals surface area contributed by atoms with Gasteiger partial charge in [-0.2, -0.15) is 0 Å². The van der Waals surface area contributed by atoms with Crippen LogP contribution in [0.25, 0.3) is 0 Å². The van der Waals surface area contributed by atoms with Crippen LogP contribution in [-0.2, 0) is 6.42 Å². The number of benzene rings is 1. The number of hydrogen-bond acceptors (Lipinski definition) is 2. The fourth-order valence-electron chi connectivity index (χ4n) is 2.35. The van der Waals surface area contributed by atoms with Crippen LogP contribution < -0.4 is 10.5 Å². The van der Waals surface area contributed by atoms with Crippen molar-refractivity contribution in [1.82, 2.24) is 0 Å². The van der Waals surface area contributed by atoms with Crippen molar-refractivity contribution in [1.29, 1.82) is 0 Å². The van der Waals surface area contributed by atoms with E-state index in [4.69, 9.17) is 10.5 Å². The van der Waals surface area contributed by atoms with Gasteiger partial charge in [-0.1, -0.05) is 26.8 Å². The zero-order valence-corrected chi connectivity index (χ0v) is 13.8. The molecule has 0 heterocycles. The Morgan fingerprint density at radius 3 is 2.45 bits per heavy atom. The van der Waals surface area contributed by atoms with Crippen LogP contribution in [-0.4, -0.2) is 12.6 Å². The molecule has 0 amide bonds. The molecule has 2 N–H and O–H groups in total. The Kier molecular flexibility index (Phi) is 7.08. The van der Waals surface area contributed by atoms with Crippen molar-refractivity contribution in [2.45, 2.75) is 66.3 Å². The van der Waals surface area contributed by atoms with Crippen molar-refractivity contribution in [3.05, 3.63) is 28.8 Å². The summed E-state index contributed by atoms with van der Waals surface area (Å²) in [6.07, 6.45) is 4.42. The lowest BCUT2D eigenvalue weighted by Gasteiger charge is -2.16. The predicted molar refractivity (Wildman–Crippen MR) is 87.5 cm³/mol. The van der Waals surface area contributed by atoms with E-state index >= 15 is 0 Å². The maximum Gasteiger partial charge on any atom is 0.122 e. The van der Waals surface area contributed by atoms with Crippen LogP contribution in [0.5, 0.6) is 5.75 Å². The molecule has 1 rings (SSSR count). The monoisotopic (exact) mass is 277 g/mol. The Morgan fingerprint density at radius 1 is 1.15 bits per heavy atom. The van der Waals surface area contributed by atoms with Crippen LogP contribution in [0.3, 0.4) is 0 Å². The first kappa shape index (κ1) is 17.0. The van der Waals surface area contributed by atoms with Crippen LogP contribution in [0.2, 0.25) is 0 Å². The molecule has 2 nitrogen and oxygen atoms in total. The number of ether oxygens (including phenoxy) is 1. The smallest absolute Gasteiger partial charge is 0.122 e. The standard InChI is InChI=1S/C18H31NO/c1-6-10-20-18-12-14(4)16(11-15(18)5)8-7-9-17(19)13(2)3/h11-13,17H,6-10,19H2,1-5H3. The summed E-state index contributed by atoms with van der Waals surface area (Å²) < 4.78 is 5.78. The molecule has 0 aliphatic heterocycles. The van der Waals surface area contributed by atoms with Gasteiger partial charge in [0.15, 0.2) is 0 Å². The van der Waals surface area contributed by atoms with Gasteiger partial charge in [-0.05, 0) is 68.2 Å². The molecule has 0 bridgehead atoms. The zero-order valence-electron chi connectivity index (χ0n) is 13.8. The summed E-state index contributed by atoms with van der Waals surface area (Å²) in [5.74, 6) is 1.61. The summed E-state index contributed by atoms with van der Waals surface area (Å²) in [6, 6.07) is 4.78. The molecule has 1 atom stereocenters. The lowest BCUT2D eigenvalue weighted by molar-refractivity contribution is 0.315. The minimum Gasteiger partial charge on any atom is -0.493 e. The molecule has 0 spiro atoms. The zero-order chi connectivity index (χ0) is 15.1. The van der Waals surface area contributed by atoms with Crippen molar-refractivity contribution >= 4 is 0 Å². The normalized spacial score (nSPS) is 12.8. The molecule has 1 unspecified atom stereocenters. The van der Waals surface area contributed by atoms with E-state index in [9.17, 15) is 0 Å². The van der Waals surface area contributed by atoms with E-state index in [1.807, 2.05) is 0 Å². The molecule has 0 fully saturated rings.